The van der Waals surface area contributed by atoms with Crippen LogP contribution in [0.1, 0.15) is 68.5 Å². The highest BCUT2D eigenvalue weighted by Gasteiger charge is 2.35. The molecule has 4 rings (SSSR count). The van der Waals surface area contributed by atoms with Crippen LogP contribution >= 0.6 is 0 Å². The largest absolute Gasteiger partial charge is 0.361 e. The first-order valence-corrected chi connectivity index (χ1v) is 10.0. The predicted molar refractivity (Wildman–Crippen MR) is 97.8 cm³/mol. The Morgan fingerprint density at radius 2 is 1.62 bits per heavy atom. The van der Waals surface area contributed by atoms with Crippen LogP contribution in [0.4, 0.5) is 0 Å². The van der Waals surface area contributed by atoms with Gasteiger partial charge in [-0.05, 0) is 56.2 Å². The van der Waals surface area contributed by atoms with Crippen molar-refractivity contribution in [1.29, 1.82) is 0 Å². The van der Waals surface area contributed by atoms with Crippen molar-refractivity contribution in [3.63, 3.8) is 0 Å². The molecule has 0 amide bonds. The lowest BCUT2D eigenvalue weighted by atomic mass is 10.0. The van der Waals surface area contributed by atoms with Crippen LogP contribution in [0, 0.1) is 0 Å². The molecule has 3 heteroatoms. The Kier molecular flexibility index (Phi) is 5.51. The van der Waals surface area contributed by atoms with Gasteiger partial charge >= 0.3 is 0 Å². The van der Waals surface area contributed by atoms with Gasteiger partial charge in [0.25, 0.3) is 0 Å². The van der Waals surface area contributed by atoms with Gasteiger partial charge in [0.1, 0.15) is 0 Å². The molecule has 3 fully saturated rings. The van der Waals surface area contributed by atoms with Gasteiger partial charge < -0.3 is 4.74 Å². The van der Waals surface area contributed by atoms with Crippen molar-refractivity contribution in [2.24, 2.45) is 0 Å². The second kappa shape index (κ2) is 7.99. The molecule has 0 spiro atoms. The highest BCUT2D eigenvalue weighted by Crippen LogP contribution is 2.40. The average Bonchev–Trinajstić information content (AvgIpc) is 3.07. The van der Waals surface area contributed by atoms with E-state index < -0.39 is 0 Å². The van der Waals surface area contributed by atoms with E-state index in [9.17, 15) is 0 Å². The number of rotatable bonds is 5. The fourth-order valence-corrected chi connectivity index (χ4v) is 4.83. The topological polar surface area (TPSA) is 15.7 Å². The van der Waals surface area contributed by atoms with Gasteiger partial charge in [-0.15, -0.1) is 0 Å². The smallest absolute Gasteiger partial charge is 0.0994 e. The van der Waals surface area contributed by atoms with Crippen molar-refractivity contribution >= 4 is 0 Å². The summed E-state index contributed by atoms with van der Waals surface area (Å²) in [4.78, 5) is 5.21. The second-order valence-corrected chi connectivity index (χ2v) is 7.88. The minimum Gasteiger partial charge on any atom is -0.361 e. The lowest BCUT2D eigenvalue weighted by Crippen LogP contribution is -2.35. The molecular formula is C21H32N2O. The van der Waals surface area contributed by atoms with Crippen LogP contribution in [0.2, 0.25) is 0 Å². The van der Waals surface area contributed by atoms with Crippen molar-refractivity contribution in [2.75, 3.05) is 26.4 Å². The molecule has 0 aromatic heterocycles. The summed E-state index contributed by atoms with van der Waals surface area (Å²) in [6.45, 7) is 5.25. The second-order valence-electron chi connectivity index (χ2n) is 7.88. The van der Waals surface area contributed by atoms with E-state index in [1.54, 1.807) is 0 Å². The number of nitrogens with zero attached hydrogens (tertiary/aromatic N) is 2. The first-order chi connectivity index (χ1) is 11.9. The summed E-state index contributed by atoms with van der Waals surface area (Å²) in [6.07, 6.45) is 11.0. The van der Waals surface area contributed by atoms with Gasteiger partial charge in [-0.25, -0.2) is 0 Å². The Hall–Kier alpha value is -0.900. The predicted octanol–water partition coefficient (Wildman–Crippen LogP) is 4.34. The van der Waals surface area contributed by atoms with Crippen LogP contribution in [-0.4, -0.2) is 42.2 Å². The number of fused-ring (bicyclic) bond motifs is 1. The molecular weight excluding hydrogens is 296 g/mol. The van der Waals surface area contributed by atoms with Gasteiger partial charge in [-0.2, -0.15) is 0 Å². The van der Waals surface area contributed by atoms with Crippen molar-refractivity contribution < 1.29 is 4.74 Å². The maximum Gasteiger partial charge on any atom is 0.0994 e. The van der Waals surface area contributed by atoms with Crippen LogP contribution in [-0.2, 0) is 11.3 Å². The molecule has 0 N–H and O–H groups in total. The maximum atomic E-state index is 5.93. The molecule has 0 saturated carbocycles. The molecule has 3 nitrogen and oxygen atoms in total. The number of piperidine rings is 2. The zero-order valence-electron chi connectivity index (χ0n) is 15.0. The minimum atomic E-state index is 0.665. The van der Waals surface area contributed by atoms with Crippen molar-refractivity contribution in [2.45, 2.75) is 70.1 Å². The molecule has 0 radical (unpaired) electrons. The standard InChI is InChI=1S/C21H32N2O/c1-3-13-22(14-4-1)17-24-16-18-7-9-19(10-8-18)21-12-11-20-6-2-5-15-23(20)21/h7-10,20-21H,1-6,11-17H2/t20-,21-/m1/s1. The van der Waals surface area contributed by atoms with Gasteiger partial charge in [0.05, 0.1) is 13.3 Å². The SMILES string of the molecule is c1cc([C@H]2CC[C@H]3CCCCN32)ccc1COCN1CCCCC1. The Labute approximate surface area is 147 Å². The lowest BCUT2D eigenvalue weighted by molar-refractivity contribution is 0.00974. The lowest BCUT2D eigenvalue weighted by Gasteiger charge is -2.34. The highest BCUT2D eigenvalue weighted by atomic mass is 16.5. The van der Waals surface area contributed by atoms with E-state index >= 15 is 0 Å². The fourth-order valence-electron chi connectivity index (χ4n) is 4.83. The monoisotopic (exact) mass is 328 g/mol. The minimum absolute atomic E-state index is 0.665. The summed E-state index contributed by atoms with van der Waals surface area (Å²) >= 11 is 0. The maximum absolute atomic E-state index is 5.93. The summed E-state index contributed by atoms with van der Waals surface area (Å²) in [5.41, 5.74) is 2.82. The summed E-state index contributed by atoms with van der Waals surface area (Å²) in [6, 6.07) is 10.8. The number of hydrogen-bond acceptors (Lipinski definition) is 3. The molecule has 132 valence electrons. The van der Waals surface area contributed by atoms with E-state index in [0.29, 0.717) is 6.04 Å². The van der Waals surface area contributed by atoms with Crippen molar-refractivity contribution in [3.05, 3.63) is 35.4 Å². The molecule has 3 aliphatic rings. The summed E-state index contributed by atoms with van der Waals surface area (Å²) in [5, 5.41) is 0. The van der Waals surface area contributed by atoms with Crippen molar-refractivity contribution in [1.82, 2.24) is 9.80 Å². The fraction of sp³-hybridized carbons (Fsp3) is 0.714. The third-order valence-electron chi connectivity index (χ3n) is 6.20. The van der Waals surface area contributed by atoms with Gasteiger partial charge in [0, 0.05) is 25.2 Å². The van der Waals surface area contributed by atoms with Gasteiger partial charge in [0.15, 0.2) is 0 Å². The van der Waals surface area contributed by atoms with Crippen LogP contribution in [0.5, 0.6) is 0 Å². The zero-order valence-corrected chi connectivity index (χ0v) is 15.0. The summed E-state index contributed by atoms with van der Waals surface area (Å²) in [5.74, 6) is 0. The van der Waals surface area contributed by atoms with E-state index in [2.05, 4.69) is 34.1 Å². The molecule has 0 aliphatic carbocycles. The summed E-state index contributed by atoms with van der Waals surface area (Å²) in [7, 11) is 0. The molecule has 24 heavy (non-hydrogen) atoms. The van der Waals surface area contributed by atoms with E-state index in [0.717, 1.165) is 19.4 Å². The van der Waals surface area contributed by atoms with Crippen LogP contribution in [0.3, 0.4) is 0 Å². The Bertz CT molecular complexity index is 509. The van der Waals surface area contributed by atoms with Crippen LogP contribution < -0.4 is 0 Å². The first-order valence-electron chi connectivity index (χ1n) is 10.0. The third-order valence-corrected chi connectivity index (χ3v) is 6.20. The molecule has 1 aromatic carbocycles. The van der Waals surface area contributed by atoms with E-state index in [-0.39, 0.29) is 0 Å². The Morgan fingerprint density at radius 3 is 2.46 bits per heavy atom. The summed E-state index contributed by atoms with van der Waals surface area (Å²) < 4.78 is 5.93. The van der Waals surface area contributed by atoms with Gasteiger partial charge in [-0.1, -0.05) is 37.1 Å². The van der Waals surface area contributed by atoms with E-state index in [1.807, 2.05) is 0 Å². The van der Waals surface area contributed by atoms with Gasteiger partial charge in [-0.3, -0.25) is 9.80 Å². The van der Waals surface area contributed by atoms with Crippen LogP contribution in [0.25, 0.3) is 0 Å². The quantitative estimate of drug-likeness (QED) is 0.800. The van der Waals surface area contributed by atoms with Crippen LogP contribution in [0.15, 0.2) is 24.3 Å². The molecule has 0 unspecified atom stereocenters. The normalized spacial score (nSPS) is 28.8. The number of ether oxygens (including phenoxy) is 1. The molecule has 3 saturated heterocycles. The Morgan fingerprint density at radius 1 is 0.833 bits per heavy atom. The zero-order chi connectivity index (χ0) is 16.2. The number of benzene rings is 1. The third kappa shape index (κ3) is 3.84. The molecule has 1 aromatic rings. The average molecular weight is 329 g/mol. The molecule has 3 heterocycles. The highest BCUT2D eigenvalue weighted by molar-refractivity contribution is 5.26. The Balaban J connectivity index is 1.28. The van der Waals surface area contributed by atoms with E-state index in [1.165, 1.54) is 82.1 Å². The number of likely N-dealkylation sites (tertiary alicyclic amines) is 1. The van der Waals surface area contributed by atoms with Gasteiger partial charge in [0.2, 0.25) is 0 Å². The number of hydrogen-bond donors (Lipinski definition) is 0. The van der Waals surface area contributed by atoms with E-state index in [4.69, 9.17) is 4.74 Å². The first kappa shape index (κ1) is 16.6. The molecule has 3 aliphatic heterocycles. The molecule has 0 bridgehead atoms. The molecule has 2 atom stereocenters. The van der Waals surface area contributed by atoms with Crippen molar-refractivity contribution in [3.8, 4) is 0 Å².